The van der Waals surface area contributed by atoms with Crippen molar-refractivity contribution in [3.8, 4) is 0 Å². The first kappa shape index (κ1) is 13.6. The molecule has 1 aromatic heterocycles. The molecule has 1 aliphatic rings. The predicted octanol–water partition coefficient (Wildman–Crippen LogP) is 3.08. The summed E-state index contributed by atoms with van der Waals surface area (Å²) < 4.78 is 5.47. The first-order valence-corrected chi connectivity index (χ1v) is 7.37. The molecule has 5 heteroatoms. The van der Waals surface area contributed by atoms with Gasteiger partial charge in [0, 0.05) is 18.0 Å². The van der Waals surface area contributed by atoms with E-state index in [4.69, 9.17) is 21.9 Å². The molecule has 1 aliphatic carbocycles. The lowest BCUT2D eigenvalue weighted by Gasteiger charge is -2.21. The van der Waals surface area contributed by atoms with Gasteiger partial charge < -0.3 is 10.3 Å². The lowest BCUT2D eigenvalue weighted by Crippen LogP contribution is -2.32. The molecule has 106 valence electrons. The Morgan fingerprint density at radius 3 is 2.55 bits per heavy atom. The molecule has 0 amide bonds. The number of halogens is 1. The number of aromatic nitrogens is 2. The van der Waals surface area contributed by atoms with E-state index in [0.717, 1.165) is 23.4 Å². The van der Waals surface area contributed by atoms with Gasteiger partial charge in [-0.3, -0.25) is 0 Å². The van der Waals surface area contributed by atoms with E-state index in [0.29, 0.717) is 24.7 Å². The molecule has 3 rings (SSSR count). The number of rotatable bonds is 4. The summed E-state index contributed by atoms with van der Waals surface area (Å²) in [6.07, 6.45) is 5.12. The fourth-order valence-electron chi connectivity index (χ4n) is 2.88. The molecule has 4 nitrogen and oxygen atoms in total. The number of hydrogen-bond acceptors (Lipinski definition) is 4. The number of hydrogen-bond donors (Lipinski definition) is 1. The second-order valence-corrected chi connectivity index (χ2v) is 5.95. The van der Waals surface area contributed by atoms with Crippen LogP contribution in [0.5, 0.6) is 0 Å². The summed E-state index contributed by atoms with van der Waals surface area (Å²) in [6.45, 7) is 0.579. The van der Waals surface area contributed by atoms with E-state index in [1.54, 1.807) is 0 Å². The van der Waals surface area contributed by atoms with Gasteiger partial charge in [-0.2, -0.15) is 4.98 Å². The van der Waals surface area contributed by atoms with Crippen molar-refractivity contribution in [2.75, 3.05) is 6.54 Å². The van der Waals surface area contributed by atoms with E-state index in [1.165, 1.54) is 12.8 Å². The van der Waals surface area contributed by atoms with E-state index >= 15 is 0 Å². The molecule has 0 aliphatic heterocycles. The third-order valence-electron chi connectivity index (χ3n) is 4.15. The molecule has 0 radical (unpaired) electrons. The van der Waals surface area contributed by atoms with Crippen molar-refractivity contribution in [3.63, 3.8) is 0 Å². The zero-order valence-electron chi connectivity index (χ0n) is 11.3. The van der Waals surface area contributed by atoms with Gasteiger partial charge in [0.25, 0.3) is 0 Å². The van der Waals surface area contributed by atoms with E-state index in [2.05, 4.69) is 10.1 Å². The highest BCUT2D eigenvalue weighted by atomic mass is 35.5. The van der Waals surface area contributed by atoms with Gasteiger partial charge in [-0.25, -0.2) is 0 Å². The summed E-state index contributed by atoms with van der Waals surface area (Å²) in [5.41, 5.74) is 6.97. The minimum absolute atomic E-state index is 0.0920. The molecule has 1 fully saturated rings. The number of benzene rings is 1. The highest BCUT2D eigenvalue weighted by Gasteiger charge is 2.39. The molecule has 2 N–H and O–H groups in total. The van der Waals surface area contributed by atoms with E-state index in [1.807, 2.05) is 24.3 Å². The molecule has 2 aromatic rings. The van der Waals surface area contributed by atoms with Crippen LogP contribution in [-0.4, -0.2) is 16.7 Å². The quantitative estimate of drug-likeness (QED) is 0.940. The third-order valence-corrected chi connectivity index (χ3v) is 4.40. The van der Waals surface area contributed by atoms with Crippen molar-refractivity contribution >= 4 is 11.6 Å². The van der Waals surface area contributed by atoms with E-state index < -0.39 is 0 Å². The minimum Gasteiger partial charge on any atom is -0.339 e. The zero-order valence-corrected chi connectivity index (χ0v) is 12.1. The molecule has 0 bridgehead atoms. The van der Waals surface area contributed by atoms with Crippen LogP contribution in [0.4, 0.5) is 0 Å². The minimum atomic E-state index is -0.0920. The number of nitrogens with two attached hydrogens (primary N) is 1. The van der Waals surface area contributed by atoms with Gasteiger partial charge in [-0.15, -0.1) is 0 Å². The molecule has 0 atom stereocenters. The van der Waals surface area contributed by atoms with Crippen LogP contribution in [0.15, 0.2) is 28.8 Å². The highest BCUT2D eigenvalue weighted by molar-refractivity contribution is 6.30. The van der Waals surface area contributed by atoms with Crippen LogP contribution in [0.25, 0.3) is 0 Å². The summed E-state index contributed by atoms with van der Waals surface area (Å²) in [5.74, 6) is 1.42. The van der Waals surface area contributed by atoms with Crippen LogP contribution in [0.1, 0.15) is 43.0 Å². The van der Waals surface area contributed by atoms with Gasteiger partial charge in [0.2, 0.25) is 5.89 Å². The largest absolute Gasteiger partial charge is 0.339 e. The van der Waals surface area contributed by atoms with Crippen molar-refractivity contribution in [1.82, 2.24) is 10.1 Å². The normalized spacial score (nSPS) is 17.5. The van der Waals surface area contributed by atoms with Gasteiger partial charge in [0.15, 0.2) is 5.82 Å². The van der Waals surface area contributed by atoms with Crippen molar-refractivity contribution < 1.29 is 4.52 Å². The first-order chi connectivity index (χ1) is 9.72. The Morgan fingerprint density at radius 1 is 1.20 bits per heavy atom. The number of nitrogens with zero attached hydrogens (tertiary/aromatic N) is 2. The molecule has 0 spiro atoms. The predicted molar refractivity (Wildman–Crippen MR) is 77.8 cm³/mol. The Hall–Kier alpha value is -1.39. The summed E-state index contributed by atoms with van der Waals surface area (Å²) >= 11 is 5.88. The Labute approximate surface area is 123 Å². The van der Waals surface area contributed by atoms with Crippen LogP contribution >= 0.6 is 11.6 Å². The first-order valence-electron chi connectivity index (χ1n) is 6.99. The van der Waals surface area contributed by atoms with Crippen LogP contribution in [-0.2, 0) is 11.8 Å². The molecule has 20 heavy (non-hydrogen) atoms. The van der Waals surface area contributed by atoms with Gasteiger partial charge in [-0.1, -0.05) is 41.7 Å². The van der Waals surface area contributed by atoms with Crippen molar-refractivity contribution in [2.45, 2.75) is 37.5 Å². The molecular formula is C15H18ClN3O. The van der Waals surface area contributed by atoms with Gasteiger partial charge in [-0.05, 0) is 30.5 Å². The Balaban J connectivity index is 1.78. The van der Waals surface area contributed by atoms with Crippen molar-refractivity contribution in [1.29, 1.82) is 0 Å². The molecule has 0 unspecified atom stereocenters. The third kappa shape index (κ3) is 2.58. The van der Waals surface area contributed by atoms with E-state index in [9.17, 15) is 0 Å². The average Bonchev–Trinajstić information content (AvgIpc) is 3.11. The SMILES string of the molecule is NCC1(c2nc(Cc3ccc(Cl)cc3)no2)CCCC1. The maximum Gasteiger partial charge on any atom is 0.234 e. The highest BCUT2D eigenvalue weighted by Crippen LogP contribution is 2.39. The second-order valence-electron chi connectivity index (χ2n) is 5.51. The van der Waals surface area contributed by atoms with Gasteiger partial charge in [0.1, 0.15) is 0 Å². The molecule has 1 aromatic carbocycles. The molecule has 1 heterocycles. The average molecular weight is 292 g/mol. The molecule has 0 saturated heterocycles. The van der Waals surface area contributed by atoms with E-state index in [-0.39, 0.29) is 5.41 Å². The zero-order chi connectivity index (χ0) is 14.0. The van der Waals surface area contributed by atoms with Crippen LogP contribution in [0.3, 0.4) is 0 Å². The topological polar surface area (TPSA) is 64.9 Å². The summed E-state index contributed by atoms with van der Waals surface area (Å²) in [4.78, 5) is 4.56. The Bertz CT molecular complexity index is 573. The van der Waals surface area contributed by atoms with Crippen LogP contribution < -0.4 is 5.73 Å². The lowest BCUT2D eigenvalue weighted by atomic mass is 9.86. The maximum atomic E-state index is 5.94. The van der Waals surface area contributed by atoms with Crippen molar-refractivity contribution in [2.24, 2.45) is 5.73 Å². The maximum absolute atomic E-state index is 5.94. The van der Waals surface area contributed by atoms with Crippen molar-refractivity contribution in [3.05, 3.63) is 46.6 Å². The monoisotopic (exact) mass is 291 g/mol. The fraction of sp³-hybridized carbons (Fsp3) is 0.467. The standard InChI is InChI=1S/C15H18ClN3O/c16-12-5-3-11(4-6-12)9-13-18-14(20-19-13)15(10-17)7-1-2-8-15/h3-6H,1-2,7-10,17H2. The summed E-state index contributed by atoms with van der Waals surface area (Å²) in [5, 5.41) is 4.83. The Morgan fingerprint density at radius 2 is 1.90 bits per heavy atom. The fourth-order valence-corrected chi connectivity index (χ4v) is 3.01. The lowest BCUT2D eigenvalue weighted by molar-refractivity contribution is 0.283. The molecule has 1 saturated carbocycles. The smallest absolute Gasteiger partial charge is 0.234 e. The second kappa shape index (κ2) is 5.54. The summed E-state index contributed by atoms with van der Waals surface area (Å²) in [6, 6.07) is 7.70. The van der Waals surface area contributed by atoms with Crippen LogP contribution in [0.2, 0.25) is 5.02 Å². The molecular weight excluding hydrogens is 274 g/mol. The van der Waals surface area contributed by atoms with Crippen LogP contribution in [0, 0.1) is 0 Å². The summed E-state index contributed by atoms with van der Waals surface area (Å²) in [7, 11) is 0. The Kier molecular flexibility index (Phi) is 3.76. The van der Waals surface area contributed by atoms with Gasteiger partial charge >= 0.3 is 0 Å². The van der Waals surface area contributed by atoms with Gasteiger partial charge in [0.05, 0.1) is 5.41 Å².